The lowest BCUT2D eigenvalue weighted by atomic mass is 10.00. The first-order chi connectivity index (χ1) is 11.4. The van der Waals surface area contributed by atoms with Crippen molar-refractivity contribution in [1.82, 2.24) is 4.90 Å². The van der Waals surface area contributed by atoms with E-state index in [0.717, 1.165) is 17.2 Å². The van der Waals surface area contributed by atoms with E-state index >= 15 is 0 Å². The summed E-state index contributed by atoms with van der Waals surface area (Å²) in [6.07, 6.45) is -3.16. The molecular weight excluding hydrogens is 315 g/mol. The fourth-order valence-corrected chi connectivity index (χ4v) is 2.92. The van der Waals surface area contributed by atoms with Crippen LogP contribution >= 0.6 is 0 Å². The molecule has 0 spiro atoms. The van der Waals surface area contributed by atoms with Crippen LogP contribution in [0.25, 0.3) is 5.57 Å². The highest BCUT2D eigenvalue weighted by molar-refractivity contribution is 5.95. The molecule has 24 heavy (non-hydrogen) atoms. The van der Waals surface area contributed by atoms with E-state index in [2.05, 4.69) is 0 Å². The van der Waals surface area contributed by atoms with Crippen LogP contribution in [0.5, 0.6) is 0 Å². The third-order valence-electron chi connectivity index (χ3n) is 4.15. The Morgan fingerprint density at radius 1 is 1.00 bits per heavy atom. The maximum Gasteiger partial charge on any atom is 0.416 e. The Bertz CT molecular complexity index is 783. The second-order valence-corrected chi connectivity index (χ2v) is 5.83. The van der Waals surface area contributed by atoms with Gasteiger partial charge in [-0.3, -0.25) is 4.79 Å². The van der Waals surface area contributed by atoms with Crippen molar-refractivity contribution in [2.24, 2.45) is 0 Å². The van der Waals surface area contributed by atoms with Gasteiger partial charge in [-0.15, -0.1) is 0 Å². The van der Waals surface area contributed by atoms with Gasteiger partial charge in [-0.2, -0.15) is 13.2 Å². The molecule has 0 saturated carbocycles. The number of carbonyl (C=O) groups excluding carboxylic acids is 1. The number of allylic oxidation sites excluding steroid dienone is 1. The average Bonchev–Trinajstić information content (AvgIpc) is 2.98. The van der Waals surface area contributed by atoms with Crippen LogP contribution in [-0.4, -0.2) is 10.8 Å². The van der Waals surface area contributed by atoms with Gasteiger partial charge in [0.05, 0.1) is 5.56 Å². The Kier molecular flexibility index (Phi) is 4.18. The first kappa shape index (κ1) is 16.3. The van der Waals surface area contributed by atoms with Gasteiger partial charge in [-0.25, -0.2) is 0 Å². The number of benzene rings is 2. The van der Waals surface area contributed by atoms with Crippen LogP contribution in [0.15, 0.2) is 54.6 Å². The standard InChI is InChI=1S/C19H16F3NO/c1-13(16-8-4-5-9-17(16)19(20,21)22)10-18(24)23-11-14-6-2-3-7-15(14)12-23/h2-10H,11-12H2,1H3/b13-10+. The highest BCUT2D eigenvalue weighted by Crippen LogP contribution is 2.35. The highest BCUT2D eigenvalue weighted by Gasteiger charge is 2.33. The summed E-state index contributed by atoms with van der Waals surface area (Å²) in [6.45, 7) is 2.51. The van der Waals surface area contributed by atoms with Crippen molar-refractivity contribution in [2.75, 3.05) is 0 Å². The van der Waals surface area contributed by atoms with Crippen molar-refractivity contribution in [3.05, 3.63) is 76.9 Å². The van der Waals surface area contributed by atoms with Gasteiger partial charge in [0.1, 0.15) is 0 Å². The summed E-state index contributed by atoms with van der Waals surface area (Å²) in [4.78, 5) is 14.1. The zero-order chi connectivity index (χ0) is 17.3. The lowest BCUT2D eigenvalue weighted by molar-refractivity contribution is -0.137. The van der Waals surface area contributed by atoms with Crippen molar-refractivity contribution in [2.45, 2.75) is 26.2 Å². The zero-order valence-corrected chi connectivity index (χ0v) is 13.1. The van der Waals surface area contributed by atoms with E-state index in [1.165, 1.54) is 31.2 Å². The summed E-state index contributed by atoms with van der Waals surface area (Å²) in [5, 5.41) is 0. The number of hydrogen-bond donors (Lipinski definition) is 0. The number of amides is 1. The number of rotatable bonds is 2. The summed E-state index contributed by atoms with van der Waals surface area (Å²) in [5.74, 6) is -0.277. The van der Waals surface area contributed by atoms with Crippen LogP contribution in [0.4, 0.5) is 13.2 Å². The van der Waals surface area contributed by atoms with E-state index in [0.29, 0.717) is 18.7 Å². The largest absolute Gasteiger partial charge is 0.416 e. The van der Waals surface area contributed by atoms with Gasteiger partial charge in [0.15, 0.2) is 0 Å². The molecule has 1 aliphatic heterocycles. The van der Waals surface area contributed by atoms with E-state index in [1.807, 2.05) is 24.3 Å². The van der Waals surface area contributed by atoms with E-state index in [9.17, 15) is 18.0 Å². The first-order valence-corrected chi connectivity index (χ1v) is 7.57. The third-order valence-corrected chi connectivity index (χ3v) is 4.15. The first-order valence-electron chi connectivity index (χ1n) is 7.57. The maximum absolute atomic E-state index is 13.1. The maximum atomic E-state index is 13.1. The van der Waals surface area contributed by atoms with E-state index in [-0.39, 0.29) is 11.5 Å². The van der Waals surface area contributed by atoms with Crippen molar-refractivity contribution in [3.8, 4) is 0 Å². The summed E-state index contributed by atoms with van der Waals surface area (Å²) in [5.41, 5.74) is 1.77. The van der Waals surface area contributed by atoms with Crippen LogP contribution < -0.4 is 0 Å². The molecule has 2 aromatic carbocycles. The lowest BCUT2D eigenvalue weighted by Gasteiger charge is -2.15. The second kappa shape index (κ2) is 6.15. The number of nitrogens with zero attached hydrogens (tertiary/aromatic N) is 1. The molecule has 0 saturated heterocycles. The lowest BCUT2D eigenvalue weighted by Crippen LogP contribution is -2.23. The van der Waals surface area contributed by atoms with Gasteiger partial charge >= 0.3 is 6.18 Å². The van der Waals surface area contributed by atoms with Gasteiger partial charge in [0.25, 0.3) is 0 Å². The number of alkyl halides is 3. The molecule has 3 rings (SSSR count). The number of carbonyl (C=O) groups is 1. The molecule has 0 N–H and O–H groups in total. The van der Waals surface area contributed by atoms with E-state index in [1.54, 1.807) is 4.90 Å². The molecule has 0 aliphatic carbocycles. The monoisotopic (exact) mass is 331 g/mol. The molecule has 0 fully saturated rings. The van der Waals surface area contributed by atoms with Gasteiger partial charge in [-0.05, 0) is 35.3 Å². The van der Waals surface area contributed by atoms with Crippen molar-refractivity contribution >= 4 is 11.5 Å². The fraction of sp³-hybridized carbons (Fsp3) is 0.211. The van der Waals surface area contributed by atoms with Crippen LogP contribution in [-0.2, 0) is 24.1 Å². The minimum Gasteiger partial charge on any atom is -0.330 e. The van der Waals surface area contributed by atoms with Gasteiger partial charge in [-0.1, -0.05) is 42.5 Å². The molecule has 0 bridgehead atoms. The summed E-state index contributed by atoms with van der Waals surface area (Å²) in [7, 11) is 0. The quantitative estimate of drug-likeness (QED) is 0.734. The second-order valence-electron chi connectivity index (χ2n) is 5.83. The van der Waals surface area contributed by atoms with Gasteiger partial charge < -0.3 is 4.90 Å². The van der Waals surface area contributed by atoms with Crippen molar-refractivity contribution in [1.29, 1.82) is 0 Å². The smallest absolute Gasteiger partial charge is 0.330 e. The third kappa shape index (κ3) is 3.20. The van der Waals surface area contributed by atoms with Crippen LogP contribution in [0, 0.1) is 0 Å². The predicted octanol–water partition coefficient (Wildman–Crippen LogP) is 4.65. The van der Waals surface area contributed by atoms with E-state index in [4.69, 9.17) is 0 Å². The Morgan fingerprint density at radius 2 is 1.54 bits per heavy atom. The Morgan fingerprint density at radius 3 is 2.12 bits per heavy atom. The minimum atomic E-state index is -4.45. The number of hydrogen-bond acceptors (Lipinski definition) is 1. The molecule has 2 aromatic rings. The van der Waals surface area contributed by atoms with Crippen molar-refractivity contribution < 1.29 is 18.0 Å². The molecule has 0 unspecified atom stereocenters. The van der Waals surface area contributed by atoms with Crippen LogP contribution in [0.3, 0.4) is 0 Å². The van der Waals surface area contributed by atoms with Crippen molar-refractivity contribution in [3.63, 3.8) is 0 Å². The molecule has 1 aliphatic rings. The molecule has 1 amide bonds. The van der Waals surface area contributed by atoms with Crippen LogP contribution in [0.1, 0.15) is 29.2 Å². The molecule has 2 nitrogen and oxygen atoms in total. The summed E-state index contributed by atoms with van der Waals surface area (Å²) >= 11 is 0. The number of fused-ring (bicyclic) bond motifs is 1. The Hall–Kier alpha value is -2.56. The minimum absolute atomic E-state index is 0.0371. The Labute approximate surface area is 138 Å². The summed E-state index contributed by atoms with van der Waals surface area (Å²) < 4.78 is 39.3. The summed E-state index contributed by atoms with van der Waals surface area (Å²) in [6, 6.07) is 13.0. The molecular formula is C19H16F3NO. The van der Waals surface area contributed by atoms with E-state index < -0.39 is 11.7 Å². The highest BCUT2D eigenvalue weighted by atomic mass is 19.4. The average molecular weight is 331 g/mol. The molecule has 1 heterocycles. The molecule has 5 heteroatoms. The molecule has 0 radical (unpaired) electrons. The zero-order valence-electron chi connectivity index (χ0n) is 13.1. The fourth-order valence-electron chi connectivity index (χ4n) is 2.92. The SMILES string of the molecule is C/C(=C\C(=O)N1Cc2ccccc2C1)c1ccccc1C(F)(F)F. The molecule has 124 valence electrons. The normalized spacial score (nSPS) is 14.7. The van der Waals surface area contributed by atoms with Gasteiger partial charge in [0, 0.05) is 19.2 Å². The molecule has 0 atom stereocenters. The predicted molar refractivity (Wildman–Crippen MR) is 85.8 cm³/mol. The van der Waals surface area contributed by atoms with Gasteiger partial charge in [0.2, 0.25) is 5.91 Å². The Balaban J connectivity index is 1.84. The van der Waals surface area contributed by atoms with Crippen LogP contribution in [0.2, 0.25) is 0 Å². The number of halogens is 3. The topological polar surface area (TPSA) is 20.3 Å². The molecule has 0 aromatic heterocycles.